The van der Waals surface area contributed by atoms with E-state index < -0.39 is 0 Å². The molecular weight excluding hydrogens is 392 g/mol. The number of methoxy groups -OCH3 is 1. The number of nitrogens with one attached hydrogen (secondary N) is 2. The van der Waals surface area contributed by atoms with Crippen LogP contribution in [0, 0.1) is 23.2 Å². The summed E-state index contributed by atoms with van der Waals surface area (Å²) in [6.07, 6.45) is 7.97. The Labute approximate surface area is 185 Å². The number of benzene rings is 1. The maximum atomic E-state index is 13.0. The average molecular weight is 429 g/mol. The van der Waals surface area contributed by atoms with Crippen molar-refractivity contribution >= 4 is 11.8 Å². The second-order valence-electron chi connectivity index (χ2n) is 10.4. The number of carbonyl (C=O) groups excluding carboxylic acids is 2. The van der Waals surface area contributed by atoms with Crippen LogP contribution in [0.2, 0.25) is 0 Å². The third-order valence-electron chi connectivity index (χ3n) is 7.59. The van der Waals surface area contributed by atoms with Crippen molar-refractivity contribution in [1.29, 1.82) is 0 Å². The highest BCUT2D eigenvalue weighted by Crippen LogP contribution is 2.61. The molecule has 170 valence electrons. The Kier molecular flexibility index (Phi) is 6.18. The van der Waals surface area contributed by atoms with Crippen LogP contribution in [0.15, 0.2) is 18.2 Å². The van der Waals surface area contributed by atoms with Crippen molar-refractivity contribution < 1.29 is 19.1 Å². The van der Waals surface area contributed by atoms with Gasteiger partial charge in [-0.3, -0.25) is 9.59 Å². The first kappa shape index (κ1) is 22.0. The fourth-order valence-corrected chi connectivity index (χ4v) is 6.58. The summed E-state index contributed by atoms with van der Waals surface area (Å²) in [5.74, 6) is 3.20. The largest absolute Gasteiger partial charge is 0.493 e. The molecule has 0 spiro atoms. The summed E-state index contributed by atoms with van der Waals surface area (Å²) < 4.78 is 11.0. The molecule has 0 aromatic heterocycles. The van der Waals surface area contributed by atoms with Crippen LogP contribution in [0.5, 0.6) is 11.5 Å². The van der Waals surface area contributed by atoms with E-state index in [0.717, 1.165) is 17.8 Å². The van der Waals surface area contributed by atoms with Gasteiger partial charge in [0.2, 0.25) is 0 Å². The monoisotopic (exact) mass is 428 g/mol. The molecule has 6 heteroatoms. The van der Waals surface area contributed by atoms with Crippen molar-refractivity contribution in [3.8, 4) is 11.5 Å². The van der Waals surface area contributed by atoms with Gasteiger partial charge in [-0.15, -0.1) is 0 Å². The molecule has 6 nitrogen and oxygen atoms in total. The molecule has 31 heavy (non-hydrogen) atoms. The summed E-state index contributed by atoms with van der Waals surface area (Å²) in [4.78, 5) is 24.9. The second-order valence-corrected chi connectivity index (χ2v) is 10.4. The van der Waals surface area contributed by atoms with Crippen LogP contribution in [0.1, 0.15) is 69.7 Å². The number of hydrogen-bond donors (Lipinski definition) is 2. The Morgan fingerprint density at radius 1 is 1.00 bits per heavy atom. The summed E-state index contributed by atoms with van der Waals surface area (Å²) in [6.45, 7) is 5.89. The molecule has 2 amide bonds. The predicted octanol–water partition coefficient (Wildman–Crippen LogP) is 3.93. The van der Waals surface area contributed by atoms with Gasteiger partial charge in [0.1, 0.15) is 0 Å². The topological polar surface area (TPSA) is 76.7 Å². The van der Waals surface area contributed by atoms with E-state index in [9.17, 15) is 9.59 Å². The summed E-state index contributed by atoms with van der Waals surface area (Å²) in [5, 5.41) is 6.08. The van der Waals surface area contributed by atoms with E-state index in [2.05, 4.69) is 17.6 Å². The van der Waals surface area contributed by atoms with Gasteiger partial charge in [0, 0.05) is 17.6 Å². The van der Waals surface area contributed by atoms with Crippen LogP contribution < -0.4 is 20.1 Å². The van der Waals surface area contributed by atoms with Crippen LogP contribution in [0.25, 0.3) is 0 Å². The van der Waals surface area contributed by atoms with Gasteiger partial charge in [-0.2, -0.15) is 0 Å². The normalized spacial score (nSPS) is 29.5. The van der Waals surface area contributed by atoms with Crippen LogP contribution in [0.3, 0.4) is 0 Å². The van der Waals surface area contributed by atoms with E-state index in [0.29, 0.717) is 17.1 Å². The molecular formula is C25H36N2O4. The Balaban J connectivity index is 1.40. The van der Waals surface area contributed by atoms with E-state index in [4.69, 9.17) is 9.47 Å². The smallest absolute Gasteiger partial charge is 0.258 e. The lowest BCUT2D eigenvalue weighted by Crippen LogP contribution is -2.55. The summed E-state index contributed by atoms with van der Waals surface area (Å²) in [5.41, 5.74) is 0.814. The standard InChI is InChI=1S/C25H36N2O4/c1-15(2)26-23(28)14-31-21-6-5-20(10-22(21)30-4)24(29)27-16(3)25-11-17-7-18(12-25)9-19(8-17)13-25/h5-6,10,15-19H,7-9,11-14H2,1-4H3,(H,26,28)(H,27,29). The molecule has 1 aromatic carbocycles. The van der Waals surface area contributed by atoms with Crippen molar-refractivity contribution in [1.82, 2.24) is 10.6 Å². The number of carbonyl (C=O) groups is 2. The van der Waals surface area contributed by atoms with Crippen molar-refractivity contribution in [3.05, 3.63) is 23.8 Å². The molecule has 4 saturated carbocycles. The lowest BCUT2D eigenvalue weighted by molar-refractivity contribution is -0.123. The molecule has 0 radical (unpaired) electrons. The minimum atomic E-state index is -0.191. The SMILES string of the molecule is COc1cc(C(=O)NC(C)C23CC4CC(CC(C4)C2)C3)ccc1OCC(=O)NC(C)C. The third-order valence-corrected chi connectivity index (χ3v) is 7.59. The van der Waals surface area contributed by atoms with E-state index in [1.54, 1.807) is 18.2 Å². The van der Waals surface area contributed by atoms with Crippen molar-refractivity contribution in [2.75, 3.05) is 13.7 Å². The summed E-state index contributed by atoms with van der Waals surface area (Å²) in [7, 11) is 1.54. The molecule has 4 fully saturated rings. The number of rotatable bonds is 8. The molecule has 4 aliphatic carbocycles. The van der Waals surface area contributed by atoms with Crippen LogP contribution in [-0.4, -0.2) is 37.6 Å². The lowest BCUT2D eigenvalue weighted by Gasteiger charge is -2.59. The zero-order valence-corrected chi connectivity index (χ0v) is 19.2. The van der Waals surface area contributed by atoms with Gasteiger partial charge in [0.05, 0.1) is 7.11 Å². The highest BCUT2D eigenvalue weighted by Gasteiger charge is 2.53. The Morgan fingerprint density at radius 2 is 1.61 bits per heavy atom. The van der Waals surface area contributed by atoms with Gasteiger partial charge in [-0.1, -0.05) is 0 Å². The molecule has 1 atom stereocenters. The van der Waals surface area contributed by atoms with Crippen molar-refractivity contribution in [3.63, 3.8) is 0 Å². The van der Waals surface area contributed by atoms with Crippen LogP contribution in [0.4, 0.5) is 0 Å². The van der Waals surface area contributed by atoms with Crippen molar-refractivity contribution in [2.24, 2.45) is 23.2 Å². The fourth-order valence-electron chi connectivity index (χ4n) is 6.58. The highest BCUT2D eigenvalue weighted by molar-refractivity contribution is 5.95. The van der Waals surface area contributed by atoms with Crippen molar-refractivity contribution in [2.45, 2.75) is 71.4 Å². The quantitative estimate of drug-likeness (QED) is 0.658. The van der Waals surface area contributed by atoms with Gasteiger partial charge < -0.3 is 20.1 Å². The van der Waals surface area contributed by atoms with Gasteiger partial charge in [0.25, 0.3) is 11.8 Å². The molecule has 0 saturated heterocycles. The third kappa shape index (κ3) is 4.68. The Bertz CT molecular complexity index is 800. The first-order valence-electron chi connectivity index (χ1n) is 11.7. The minimum absolute atomic E-state index is 0.0556. The summed E-state index contributed by atoms with van der Waals surface area (Å²) >= 11 is 0. The molecule has 0 aliphatic heterocycles. The van der Waals surface area contributed by atoms with Gasteiger partial charge in [-0.05, 0) is 101 Å². The molecule has 5 rings (SSSR count). The Morgan fingerprint density at radius 3 is 2.16 bits per heavy atom. The zero-order chi connectivity index (χ0) is 22.2. The maximum Gasteiger partial charge on any atom is 0.258 e. The molecule has 1 aromatic rings. The highest BCUT2D eigenvalue weighted by atomic mass is 16.5. The lowest BCUT2D eigenvalue weighted by atomic mass is 9.48. The summed E-state index contributed by atoms with van der Waals surface area (Å²) in [6, 6.07) is 5.35. The van der Waals surface area contributed by atoms with E-state index in [1.807, 2.05) is 13.8 Å². The van der Waals surface area contributed by atoms with Gasteiger partial charge in [0.15, 0.2) is 18.1 Å². The van der Waals surface area contributed by atoms with E-state index in [-0.39, 0.29) is 35.9 Å². The minimum Gasteiger partial charge on any atom is -0.493 e. The van der Waals surface area contributed by atoms with Crippen LogP contribution in [-0.2, 0) is 4.79 Å². The van der Waals surface area contributed by atoms with E-state index in [1.165, 1.54) is 45.6 Å². The van der Waals surface area contributed by atoms with E-state index >= 15 is 0 Å². The first-order chi connectivity index (χ1) is 14.8. The molecule has 0 heterocycles. The number of amides is 2. The number of ether oxygens (including phenoxy) is 2. The maximum absolute atomic E-state index is 13.0. The number of hydrogen-bond acceptors (Lipinski definition) is 4. The predicted molar refractivity (Wildman–Crippen MR) is 119 cm³/mol. The van der Waals surface area contributed by atoms with Gasteiger partial charge >= 0.3 is 0 Å². The molecule has 2 N–H and O–H groups in total. The van der Waals surface area contributed by atoms with Crippen LogP contribution >= 0.6 is 0 Å². The average Bonchev–Trinajstić information content (AvgIpc) is 2.70. The zero-order valence-electron chi connectivity index (χ0n) is 19.2. The Hall–Kier alpha value is -2.24. The molecule has 1 unspecified atom stereocenters. The van der Waals surface area contributed by atoms with Gasteiger partial charge in [-0.25, -0.2) is 0 Å². The second kappa shape index (κ2) is 8.71. The first-order valence-corrected chi connectivity index (χ1v) is 11.7. The molecule has 4 bridgehead atoms. The fraction of sp³-hybridized carbons (Fsp3) is 0.680. The molecule has 4 aliphatic rings.